The molecule has 2 heterocycles. The zero-order valence-electron chi connectivity index (χ0n) is 15.0. The molecule has 27 heavy (non-hydrogen) atoms. The Morgan fingerprint density at radius 3 is 2.74 bits per heavy atom. The number of hydrogen-bond donors (Lipinski definition) is 1. The lowest BCUT2D eigenvalue weighted by molar-refractivity contribution is 0.383. The Bertz CT molecular complexity index is 1010. The second-order valence-corrected chi connectivity index (χ2v) is 8.36. The summed E-state index contributed by atoms with van der Waals surface area (Å²) in [6, 6.07) is 11.4. The highest BCUT2D eigenvalue weighted by Gasteiger charge is 2.25. The highest BCUT2D eigenvalue weighted by Crippen LogP contribution is 2.28. The number of aromatic nitrogens is 3. The first-order valence-electron chi connectivity index (χ1n) is 9.19. The third-order valence-electron chi connectivity index (χ3n) is 4.84. The maximum absolute atomic E-state index is 12.9. The van der Waals surface area contributed by atoms with Crippen LogP contribution in [0.15, 0.2) is 52.1 Å². The van der Waals surface area contributed by atoms with E-state index in [-0.39, 0.29) is 5.03 Å². The summed E-state index contributed by atoms with van der Waals surface area (Å²) in [6.45, 7) is 0.476. The molecule has 1 aliphatic rings. The maximum Gasteiger partial charge on any atom is 0.280 e. The number of hydrogen-bond acceptors (Lipinski definition) is 5. The molecule has 0 atom stereocenters. The Labute approximate surface area is 158 Å². The standard InChI is InChI=1S/C19H22N4O3S/c24-27(25,22-19-16-9-5-2-6-10-17(16)26-21-19)18-11-13-20-23(18)14-12-15-7-3-1-4-8-15/h1,3-4,7-8,11,13H,2,5-6,9-10,12,14H2,(H,21,22). The molecule has 7 nitrogen and oxygen atoms in total. The molecule has 0 radical (unpaired) electrons. The number of nitrogens with zero attached hydrogens (tertiary/aromatic N) is 3. The SMILES string of the molecule is O=S(=O)(Nc1noc2c1CCCCC2)c1ccnn1CCc1ccccc1. The van der Waals surface area contributed by atoms with Crippen molar-refractivity contribution in [1.29, 1.82) is 0 Å². The fraction of sp³-hybridized carbons (Fsp3) is 0.368. The minimum absolute atomic E-state index is 0.129. The Morgan fingerprint density at radius 1 is 1.07 bits per heavy atom. The summed E-state index contributed by atoms with van der Waals surface area (Å²) in [5.41, 5.74) is 2.01. The number of rotatable bonds is 6. The molecule has 0 amide bonds. The van der Waals surface area contributed by atoms with Crippen molar-refractivity contribution in [2.24, 2.45) is 0 Å². The van der Waals surface area contributed by atoms with Crippen molar-refractivity contribution < 1.29 is 12.9 Å². The van der Waals surface area contributed by atoms with Gasteiger partial charge in [-0.2, -0.15) is 13.5 Å². The van der Waals surface area contributed by atoms with Crippen molar-refractivity contribution in [3.05, 3.63) is 59.5 Å². The van der Waals surface area contributed by atoms with Crippen LogP contribution in [0, 0.1) is 0 Å². The largest absolute Gasteiger partial charge is 0.359 e. The van der Waals surface area contributed by atoms with Crippen LogP contribution in [0.4, 0.5) is 5.82 Å². The molecule has 4 rings (SSSR count). The average molecular weight is 386 g/mol. The second-order valence-electron chi connectivity index (χ2n) is 6.73. The second kappa shape index (κ2) is 7.56. The first kappa shape index (κ1) is 17.8. The van der Waals surface area contributed by atoms with Crippen LogP contribution < -0.4 is 4.72 Å². The van der Waals surface area contributed by atoms with Crippen molar-refractivity contribution in [1.82, 2.24) is 14.9 Å². The molecule has 0 bridgehead atoms. The van der Waals surface area contributed by atoms with Crippen LogP contribution in [0.1, 0.15) is 36.1 Å². The minimum atomic E-state index is -3.79. The summed E-state index contributed by atoms with van der Waals surface area (Å²) in [5.74, 6) is 1.10. The van der Waals surface area contributed by atoms with Crippen LogP contribution >= 0.6 is 0 Å². The molecule has 1 N–H and O–H groups in total. The van der Waals surface area contributed by atoms with E-state index in [2.05, 4.69) is 15.0 Å². The van der Waals surface area contributed by atoms with Crippen LogP contribution in [0.2, 0.25) is 0 Å². The monoisotopic (exact) mass is 386 g/mol. The number of nitrogens with one attached hydrogen (secondary N) is 1. The zero-order chi connectivity index (χ0) is 18.7. The van der Waals surface area contributed by atoms with Gasteiger partial charge in [0.2, 0.25) is 0 Å². The molecule has 1 aliphatic carbocycles. The summed E-state index contributed by atoms with van der Waals surface area (Å²) < 4.78 is 35.3. The van der Waals surface area contributed by atoms with E-state index in [0.29, 0.717) is 18.8 Å². The van der Waals surface area contributed by atoms with Gasteiger partial charge in [-0.15, -0.1) is 0 Å². The fourth-order valence-corrected chi connectivity index (χ4v) is 4.59. The summed E-state index contributed by atoms with van der Waals surface area (Å²) >= 11 is 0. The topological polar surface area (TPSA) is 90.0 Å². The van der Waals surface area contributed by atoms with E-state index in [1.165, 1.54) is 16.9 Å². The van der Waals surface area contributed by atoms with E-state index in [9.17, 15) is 8.42 Å². The highest BCUT2D eigenvalue weighted by atomic mass is 32.2. The molecular formula is C19H22N4O3S. The number of anilines is 1. The predicted octanol–water partition coefficient (Wildman–Crippen LogP) is 3.18. The molecule has 8 heteroatoms. The highest BCUT2D eigenvalue weighted by molar-refractivity contribution is 7.92. The van der Waals surface area contributed by atoms with E-state index in [1.807, 2.05) is 30.3 Å². The third-order valence-corrected chi connectivity index (χ3v) is 6.20. The van der Waals surface area contributed by atoms with Gasteiger partial charge in [-0.05, 0) is 37.3 Å². The van der Waals surface area contributed by atoms with Crippen molar-refractivity contribution in [2.45, 2.75) is 50.1 Å². The van der Waals surface area contributed by atoms with Gasteiger partial charge in [0.15, 0.2) is 10.8 Å². The predicted molar refractivity (Wildman–Crippen MR) is 101 cm³/mol. The summed E-state index contributed by atoms with van der Waals surface area (Å²) in [7, 11) is -3.79. The van der Waals surface area contributed by atoms with E-state index in [1.54, 1.807) is 0 Å². The van der Waals surface area contributed by atoms with Gasteiger partial charge in [0, 0.05) is 18.5 Å². The van der Waals surface area contributed by atoms with Gasteiger partial charge in [0.1, 0.15) is 5.76 Å². The smallest absolute Gasteiger partial charge is 0.280 e. The minimum Gasteiger partial charge on any atom is -0.359 e. The molecule has 0 unspecified atom stereocenters. The van der Waals surface area contributed by atoms with Gasteiger partial charge in [0.05, 0.1) is 6.20 Å². The number of fused-ring (bicyclic) bond motifs is 1. The Kier molecular flexibility index (Phi) is 4.98. The van der Waals surface area contributed by atoms with Gasteiger partial charge in [-0.3, -0.25) is 9.40 Å². The van der Waals surface area contributed by atoms with Crippen LogP contribution in [-0.4, -0.2) is 23.4 Å². The van der Waals surface area contributed by atoms with Crippen molar-refractivity contribution in [3.63, 3.8) is 0 Å². The van der Waals surface area contributed by atoms with E-state index < -0.39 is 10.0 Å². The summed E-state index contributed by atoms with van der Waals surface area (Å²) in [5, 5.41) is 8.27. The average Bonchev–Trinajstić information content (AvgIpc) is 3.22. The van der Waals surface area contributed by atoms with E-state index >= 15 is 0 Å². The molecule has 3 aromatic rings. The van der Waals surface area contributed by atoms with Gasteiger partial charge in [-0.1, -0.05) is 41.9 Å². The summed E-state index contributed by atoms with van der Waals surface area (Å²) in [4.78, 5) is 0. The summed E-state index contributed by atoms with van der Waals surface area (Å²) in [6.07, 6.45) is 6.96. The Balaban J connectivity index is 1.53. The Morgan fingerprint density at radius 2 is 1.89 bits per heavy atom. The lowest BCUT2D eigenvalue weighted by Gasteiger charge is -2.10. The van der Waals surface area contributed by atoms with Crippen molar-refractivity contribution >= 4 is 15.8 Å². The molecule has 142 valence electrons. The molecule has 0 aliphatic heterocycles. The molecule has 0 saturated carbocycles. The van der Waals surface area contributed by atoms with Gasteiger partial charge >= 0.3 is 0 Å². The lowest BCUT2D eigenvalue weighted by Crippen LogP contribution is -2.19. The lowest BCUT2D eigenvalue weighted by atomic mass is 10.1. The quantitative estimate of drug-likeness (QED) is 0.657. The number of benzene rings is 1. The van der Waals surface area contributed by atoms with Gasteiger partial charge in [0.25, 0.3) is 10.0 Å². The van der Waals surface area contributed by atoms with Crippen molar-refractivity contribution in [3.8, 4) is 0 Å². The molecule has 2 aromatic heterocycles. The molecular weight excluding hydrogens is 364 g/mol. The Hall–Kier alpha value is -2.61. The van der Waals surface area contributed by atoms with Crippen LogP contribution in [0.25, 0.3) is 0 Å². The zero-order valence-corrected chi connectivity index (χ0v) is 15.8. The van der Waals surface area contributed by atoms with E-state index in [4.69, 9.17) is 4.52 Å². The van der Waals surface area contributed by atoms with E-state index in [0.717, 1.165) is 49.0 Å². The number of sulfonamides is 1. The van der Waals surface area contributed by atoms with Crippen LogP contribution in [0.3, 0.4) is 0 Å². The van der Waals surface area contributed by atoms with Gasteiger partial charge < -0.3 is 4.52 Å². The maximum atomic E-state index is 12.9. The van der Waals surface area contributed by atoms with Crippen LogP contribution in [0.5, 0.6) is 0 Å². The molecule has 0 spiro atoms. The molecule has 0 fully saturated rings. The first-order chi connectivity index (χ1) is 13.1. The number of aryl methyl sites for hydroxylation is 3. The third kappa shape index (κ3) is 3.90. The molecule has 1 aromatic carbocycles. The first-order valence-corrected chi connectivity index (χ1v) is 10.7. The molecule has 0 saturated heterocycles. The van der Waals surface area contributed by atoms with Crippen molar-refractivity contribution in [2.75, 3.05) is 4.72 Å². The van der Waals surface area contributed by atoms with Gasteiger partial charge in [-0.25, -0.2) is 0 Å². The van der Waals surface area contributed by atoms with Crippen LogP contribution in [-0.2, 0) is 35.8 Å². The normalized spacial score (nSPS) is 14.5. The fourth-order valence-electron chi connectivity index (χ4n) is 3.42.